The molecule has 2 aromatic carbocycles. The lowest BCUT2D eigenvalue weighted by Crippen LogP contribution is -2.04. The molecule has 4 heteroatoms. The smallest absolute Gasteiger partial charge is 0.143 e. The molecule has 3 rings (SSSR count). The van der Waals surface area contributed by atoms with Crippen LogP contribution in [0.15, 0.2) is 42.5 Å². The summed E-state index contributed by atoms with van der Waals surface area (Å²) in [4.78, 5) is 4.65. The zero-order valence-corrected chi connectivity index (χ0v) is 12.9. The lowest BCUT2D eigenvalue weighted by Gasteiger charge is -2.14. The highest BCUT2D eigenvalue weighted by Gasteiger charge is 2.16. The number of fused-ring (bicyclic) bond motifs is 1. The van der Waals surface area contributed by atoms with Crippen LogP contribution in [0.3, 0.4) is 0 Å². The van der Waals surface area contributed by atoms with Crippen LogP contribution in [0, 0.1) is 6.92 Å². The van der Waals surface area contributed by atoms with Gasteiger partial charge in [0.15, 0.2) is 0 Å². The zero-order valence-electron chi connectivity index (χ0n) is 12.1. The predicted molar refractivity (Wildman–Crippen MR) is 86.5 cm³/mol. The normalized spacial score (nSPS) is 11.0. The topological polar surface area (TPSA) is 27.1 Å². The molecule has 0 unspecified atom stereocenters. The minimum absolute atomic E-state index is 0.356. The van der Waals surface area contributed by atoms with Crippen molar-refractivity contribution in [3.05, 3.63) is 53.9 Å². The summed E-state index contributed by atoms with van der Waals surface area (Å²) in [5.41, 5.74) is 4.19. The van der Waals surface area contributed by atoms with E-state index in [0.717, 1.165) is 28.3 Å². The van der Waals surface area contributed by atoms with Crippen LogP contribution < -0.4 is 4.74 Å². The van der Waals surface area contributed by atoms with Gasteiger partial charge in [-0.1, -0.05) is 24.3 Å². The van der Waals surface area contributed by atoms with Gasteiger partial charge in [0.1, 0.15) is 11.6 Å². The highest BCUT2D eigenvalue weighted by molar-refractivity contribution is 6.17. The predicted octanol–water partition coefficient (Wildman–Crippen LogP) is 4.47. The maximum Gasteiger partial charge on any atom is 0.143 e. The fraction of sp³-hybridized carbons (Fsp3) is 0.235. The Morgan fingerprint density at radius 1 is 1.14 bits per heavy atom. The number of benzene rings is 2. The van der Waals surface area contributed by atoms with Gasteiger partial charge in [0.05, 0.1) is 29.2 Å². The number of ether oxygens (including phenoxy) is 1. The van der Waals surface area contributed by atoms with Gasteiger partial charge in [0, 0.05) is 0 Å². The van der Waals surface area contributed by atoms with E-state index >= 15 is 0 Å². The Hall–Kier alpha value is -2.00. The molecule has 0 aliphatic heterocycles. The maximum absolute atomic E-state index is 6.11. The first kappa shape index (κ1) is 14.0. The first-order chi connectivity index (χ1) is 10.3. The van der Waals surface area contributed by atoms with E-state index in [0.29, 0.717) is 12.5 Å². The van der Waals surface area contributed by atoms with E-state index in [-0.39, 0.29) is 0 Å². The van der Waals surface area contributed by atoms with Gasteiger partial charge in [0.2, 0.25) is 0 Å². The van der Waals surface area contributed by atoms with Gasteiger partial charge in [-0.2, -0.15) is 0 Å². The molecule has 0 atom stereocenters. The van der Waals surface area contributed by atoms with Crippen molar-refractivity contribution in [1.29, 1.82) is 0 Å². The molecular formula is C17H17ClN2O. The Morgan fingerprint density at radius 2 is 1.95 bits per heavy atom. The van der Waals surface area contributed by atoms with E-state index in [9.17, 15) is 0 Å². The van der Waals surface area contributed by atoms with Crippen LogP contribution >= 0.6 is 11.6 Å². The van der Waals surface area contributed by atoms with Crippen molar-refractivity contribution in [3.63, 3.8) is 0 Å². The summed E-state index contributed by atoms with van der Waals surface area (Å²) in [6.07, 6.45) is 0. The second-order valence-electron chi connectivity index (χ2n) is 4.84. The molecule has 108 valence electrons. The minimum atomic E-state index is 0.356. The number of alkyl halides is 1. The van der Waals surface area contributed by atoms with E-state index in [2.05, 4.69) is 22.5 Å². The third kappa shape index (κ3) is 2.38. The highest BCUT2D eigenvalue weighted by Crippen LogP contribution is 2.30. The highest BCUT2D eigenvalue weighted by atomic mass is 35.5. The molecule has 0 radical (unpaired) electrons. The number of para-hydroxylation sites is 3. The van der Waals surface area contributed by atoms with Gasteiger partial charge < -0.3 is 4.74 Å². The number of rotatable bonds is 4. The monoisotopic (exact) mass is 300 g/mol. The lowest BCUT2D eigenvalue weighted by molar-refractivity contribution is 0.339. The third-order valence-electron chi connectivity index (χ3n) is 3.47. The van der Waals surface area contributed by atoms with Crippen LogP contribution in [0.4, 0.5) is 0 Å². The Balaban J connectivity index is 2.34. The molecule has 0 aliphatic rings. The number of aryl methyl sites for hydroxylation is 1. The second-order valence-corrected chi connectivity index (χ2v) is 5.11. The fourth-order valence-electron chi connectivity index (χ4n) is 2.61. The van der Waals surface area contributed by atoms with E-state index in [1.165, 1.54) is 5.56 Å². The van der Waals surface area contributed by atoms with Crippen LogP contribution in [0.2, 0.25) is 0 Å². The quantitative estimate of drug-likeness (QED) is 0.665. The number of imidazole rings is 1. The average Bonchev–Trinajstić information content (AvgIpc) is 2.88. The first-order valence-corrected chi connectivity index (χ1v) is 7.54. The molecule has 0 saturated carbocycles. The second kappa shape index (κ2) is 5.78. The van der Waals surface area contributed by atoms with Crippen molar-refractivity contribution in [2.24, 2.45) is 0 Å². The molecule has 0 amide bonds. The average molecular weight is 301 g/mol. The zero-order chi connectivity index (χ0) is 14.8. The molecule has 0 spiro atoms. The van der Waals surface area contributed by atoms with Crippen molar-refractivity contribution in [2.75, 3.05) is 6.61 Å². The van der Waals surface area contributed by atoms with Crippen molar-refractivity contribution in [1.82, 2.24) is 9.55 Å². The number of aromatic nitrogens is 2. The van der Waals surface area contributed by atoms with Crippen molar-refractivity contribution in [3.8, 4) is 11.4 Å². The number of hydrogen-bond acceptors (Lipinski definition) is 2. The van der Waals surface area contributed by atoms with Crippen LogP contribution in [-0.2, 0) is 5.88 Å². The van der Waals surface area contributed by atoms with Gasteiger partial charge in [-0.25, -0.2) is 4.98 Å². The van der Waals surface area contributed by atoms with Crippen LogP contribution in [0.1, 0.15) is 18.3 Å². The first-order valence-electron chi connectivity index (χ1n) is 7.01. The summed E-state index contributed by atoms with van der Waals surface area (Å²) in [6.45, 7) is 4.69. The molecular weight excluding hydrogens is 284 g/mol. The molecule has 0 N–H and O–H groups in total. The number of halogens is 1. The third-order valence-corrected chi connectivity index (χ3v) is 3.71. The van der Waals surface area contributed by atoms with Crippen LogP contribution in [0.5, 0.6) is 5.75 Å². The van der Waals surface area contributed by atoms with E-state index < -0.39 is 0 Å². The molecule has 1 heterocycles. The van der Waals surface area contributed by atoms with Gasteiger partial charge in [-0.3, -0.25) is 4.57 Å². The number of nitrogens with zero attached hydrogens (tertiary/aromatic N) is 2. The van der Waals surface area contributed by atoms with E-state index in [1.54, 1.807) is 0 Å². The Labute approximate surface area is 129 Å². The summed E-state index contributed by atoms with van der Waals surface area (Å²) < 4.78 is 7.86. The Kier molecular flexibility index (Phi) is 3.84. The molecule has 0 aliphatic carbocycles. The summed E-state index contributed by atoms with van der Waals surface area (Å²) in [6, 6.07) is 14.1. The molecule has 21 heavy (non-hydrogen) atoms. The minimum Gasteiger partial charge on any atom is -0.492 e. The van der Waals surface area contributed by atoms with Gasteiger partial charge >= 0.3 is 0 Å². The Bertz CT molecular complexity index is 780. The summed E-state index contributed by atoms with van der Waals surface area (Å²) in [5, 5.41) is 0. The number of hydrogen-bond donors (Lipinski definition) is 0. The molecule has 0 fully saturated rings. The van der Waals surface area contributed by atoms with Crippen LogP contribution in [-0.4, -0.2) is 16.2 Å². The van der Waals surface area contributed by atoms with Crippen molar-refractivity contribution >= 4 is 22.6 Å². The Morgan fingerprint density at radius 3 is 2.71 bits per heavy atom. The van der Waals surface area contributed by atoms with E-state index in [4.69, 9.17) is 16.3 Å². The maximum atomic E-state index is 6.11. The molecule has 0 bridgehead atoms. The molecule has 1 aromatic heterocycles. The largest absolute Gasteiger partial charge is 0.492 e. The molecule has 3 nitrogen and oxygen atoms in total. The standard InChI is InChI=1S/C17H17ClN2O/c1-3-21-15-10-5-4-9-14(15)20-16(11-18)19-13-8-6-7-12(2)17(13)20/h4-10H,3,11H2,1-2H3. The SMILES string of the molecule is CCOc1ccccc1-n1c(CCl)nc2cccc(C)c21. The van der Waals surface area contributed by atoms with Crippen LogP contribution in [0.25, 0.3) is 16.7 Å². The lowest BCUT2D eigenvalue weighted by atomic mass is 10.2. The molecule has 0 saturated heterocycles. The van der Waals surface area contributed by atoms with Gasteiger partial charge in [-0.15, -0.1) is 11.6 Å². The van der Waals surface area contributed by atoms with Gasteiger partial charge in [0.25, 0.3) is 0 Å². The van der Waals surface area contributed by atoms with E-state index in [1.807, 2.05) is 43.3 Å². The fourth-order valence-corrected chi connectivity index (χ4v) is 2.79. The molecule has 3 aromatic rings. The summed E-state index contributed by atoms with van der Waals surface area (Å²) >= 11 is 6.11. The van der Waals surface area contributed by atoms with Crippen molar-refractivity contribution in [2.45, 2.75) is 19.7 Å². The summed E-state index contributed by atoms with van der Waals surface area (Å²) in [7, 11) is 0. The van der Waals surface area contributed by atoms with Gasteiger partial charge in [-0.05, 0) is 37.6 Å². The summed E-state index contributed by atoms with van der Waals surface area (Å²) in [5.74, 6) is 2.02. The van der Waals surface area contributed by atoms with Crippen molar-refractivity contribution < 1.29 is 4.74 Å².